The highest BCUT2D eigenvalue weighted by molar-refractivity contribution is 6.36. The monoisotopic (exact) mass is 365 g/mol. The number of primary amides is 1. The molecule has 3 aromatic rings. The Morgan fingerprint density at radius 1 is 1.25 bits per heavy atom. The van der Waals surface area contributed by atoms with Gasteiger partial charge in [0.15, 0.2) is 5.65 Å². The molecule has 1 aromatic carbocycles. The lowest BCUT2D eigenvalue weighted by Crippen LogP contribution is -2.11. The molecule has 24 heavy (non-hydrogen) atoms. The van der Waals surface area contributed by atoms with Crippen molar-refractivity contribution < 1.29 is 14.7 Å². The van der Waals surface area contributed by atoms with Gasteiger partial charge >= 0.3 is 5.97 Å². The van der Waals surface area contributed by atoms with E-state index >= 15 is 0 Å². The first kappa shape index (κ1) is 16.0. The van der Waals surface area contributed by atoms with E-state index in [1.807, 2.05) is 0 Å². The molecule has 3 rings (SSSR count). The van der Waals surface area contributed by atoms with Crippen molar-refractivity contribution in [3.05, 3.63) is 45.7 Å². The minimum atomic E-state index is -1.20. The number of halogens is 2. The van der Waals surface area contributed by atoms with Gasteiger partial charge in [0, 0.05) is 16.1 Å². The molecule has 0 saturated carbocycles. The number of rotatable bonds is 3. The number of hydrogen-bond acceptors (Lipinski definition) is 5. The van der Waals surface area contributed by atoms with E-state index in [4.69, 9.17) is 39.8 Å². The van der Waals surface area contributed by atoms with Crippen LogP contribution in [0.15, 0.2) is 24.4 Å². The Bertz CT molecular complexity index is 1020. The zero-order valence-electron chi connectivity index (χ0n) is 11.8. The molecule has 122 valence electrons. The van der Waals surface area contributed by atoms with E-state index in [2.05, 4.69) is 10.1 Å². The molecule has 0 fully saturated rings. The van der Waals surface area contributed by atoms with Crippen molar-refractivity contribution >= 4 is 46.5 Å². The number of nitrogens with two attached hydrogens (primary N) is 2. The van der Waals surface area contributed by atoms with Crippen molar-refractivity contribution in [2.75, 3.05) is 5.73 Å². The number of hydrogen-bond donors (Lipinski definition) is 3. The van der Waals surface area contributed by atoms with Gasteiger partial charge in [0.25, 0.3) is 0 Å². The number of nitrogens with zero attached hydrogens (tertiary/aromatic N) is 3. The summed E-state index contributed by atoms with van der Waals surface area (Å²) in [5.74, 6) is -1.77. The van der Waals surface area contributed by atoms with E-state index in [0.29, 0.717) is 5.56 Å². The normalized spacial score (nSPS) is 10.9. The molecule has 0 atom stereocenters. The van der Waals surface area contributed by atoms with Crippen LogP contribution < -0.4 is 11.5 Å². The first-order valence-corrected chi connectivity index (χ1v) is 7.22. The van der Waals surface area contributed by atoms with Gasteiger partial charge in [0.05, 0.1) is 11.8 Å². The fraction of sp³-hybridized carbons (Fsp3) is 0. The Labute approximate surface area is 144 Å². The number of benzene rings is 1. The van der Waals surface area contributed by atoms with Gasteiger partial charge in [-0.3, -0.25) is 4.79 Å². The van der Waals surface area contributed by atoms with Crippen LogP contribution in [0.2, 0.25) is 10.2 Å². The highest BCUT2D eigenvalue weighted by Crippen LogP contribution is 2.37. The first-order chi connectivity index (χ1) is 11.3. The van der Waals surface area contributed by atoms with Crippen LogP contribution in [-0.4, -0.2) is 31.6 Å². The van der Waals surface area contributed by atoms with Crippen LogP contribution in [0.5, 0.6) is 0 Å². The third kappa shape index (κ3) is 2.41. The van der Waals surface area contributed by atoms with Crippen LogP contribution in [0.3, 0.4) is 0 Å². The number of aromatic carboxylic acids is 1. The van der Waals surface area contributed by atoms with Crippen LogP contribution in [0.25, 0.3) is 16.8 Å². The number of carbonyl (C=O) groups excluding carboxylic acids is 1. The summed E-state index contributed by atoms with van der Waals surface area (Å²) < 4.78 is 1.16. The molecule has 0 spiro atoms. The number of amides is 1. The van der Waals surface area contributed by atoms with Gasteiger partial charge in [-0.1, -0.05) is 29.3 Å². The maximum atomic E-state index is 11.2. The number of carbonyl (C=O) groups is 2. The fourth-order valence-corrected chi connectivity index (χ4v) is 2.81. The highest BCUT2D eigenvalue weighted by atomic mass is 35.5. The molecular formula is C14H9Cl2N5O3. The van der Waals surface area contributed by atoms with E-state index in [1.54, 1.807) is 0 Å². The van der Waals surface area contributed by atoms with Gasteiger partial charge in [-0.2, -0.15) is 9.61 Å². The average Bonchev–Trinajstić information content (AvgIpc) is 2.92. The molecule has 0 aliphatic heterocycles. The molecule has 0 saturated heterocycles. The molecule has 0 bridgehead atoms. The van der Waals surface area contributed by atoms with E-state index in [9.17, 15) is 9.59 Å². The summed E-state index contributed by atoms with van der Waals surface area (Å²) in [4.78, 5) is 26.4. The quantitative estimate of drug-likeness (QED) is 0.607. The predicted molar refractivity (Wildman–Crippen MR) is 88.3 cm³/mol. The molecule has 0 radical (unpaired) electrons. The Morgan fingerprint density at radius 3 is 2.54 bits per heavy atom. The van der Waals surface area contributed by atoms with Gasteiger partial charge in [-0.15, -0.1) is 0 Å². The standard InChI is InChI=1S/C14H9Cl2N5O3/c15-8-3-5(12(18)22)1-2-6(8)9-10(16)20-13-7(14(23)24)4-19-21(13)11(9)17/h1-4H,17H2,(H2,18,22)(H,23,24). The Hall–Kier alpha value is -2.84. The number of carboxylic acid groups (broad SMARTS) is 1. The van der Waals surface area contributed by atoms with Crippen molar-refractivity contribution in [1.82, 2.24) is 14.6 Å². The smallest absolute Gasteiger partial charge is 0.341 e. The van der Waals surface area contributed by atoms with E-state index in [0.717, 1.165) is 10.7 Å². The number of fused-ring (bicyclic) bond motifs is 1. The molecule has 1 amide bonds. The van der Waals surface area contributed by atoms with Gasteiger partial charge < -0.3 is 16.6 Å². The van der Waals surface area contributed by atoms with Crippen molar-refractivity contribution in [2.45, 2.75) is 0 Å². The largest absolute Gasteiger partial charge is 0.477 e. The predicted octanol–water partition coefficient (Wildman–Crippen LogP) is 2.08. The lowest BCUT2D eigenvalue weighted by atomic mass is 10.1. The second kappa shape index (κ2) is 5.66. The second-order valence-electron chi connectivity index (χ2n) is 4.82. The number of nitrogen functional groups attached to an aromatic ring is 1. The van der Waals surface area contributed by atoms with E-state index in [-0.39, 0.29) is 38.3 Å². The number of aromatic nitrogens is 3. The van der Waals surface area contributed by atoms with E-state index in [1.165, 1.54) is 18.2 Å². The molecule has 0 unspecified atom stereocenters. The van der Waals surface area contributed by atoms with Gasteiger partial charge in [0.1, 0.15) is 16.5 Å². The van der Waals surface area contributed by atoms with E-state index < -0.39 is 11.9 Å². The summed E-state index contributed by atoms with van der Waals surface area (Å²) >= 11 is 12.4. The summed E-state index contributed by atoms with van der Waals surface area (Å²) in [5, 5.41) is 13.2. The lowest BCUT2D eigenvalue weighted by molar-refractivity contribution is 0.0698. The molecule has 2 heterocycles. The molecule has 5 N–H and O–H groups in total. The topological polar surface area (TPSA) is 137 Å². The maximum absolute atomic E-state index is 11.2. The summed E-state index contributed by atoms with van der Waals surface area (Å²) in [7, 11) is 0. The van der Waals surface area contributed by atoms with Crippen molar-refractivity contribution in [3.8, 4) is 11.1 Å². The van der Waals surface area contributed by atoms with Crippen molar-refractivity contribution in [3.63, 3.8) is 0 Å². The van der Waals surface area contributed by atoms with Crippen LogP contribution >= 0.6 is 23.2 Å². The third-order valence-corrected chi connectivity index (χ3v) is 3.98. The SMILES string of the molecule is NC(=O)c1ccc(-c2c(Cl)nc3c(C(=O)O)cnn3c2N)c(Cl)c1. The molecule has 0 aliphatic carbocycles. The molecule has 0 aliphatic rings. The Morgan fingerprint density at radius 2 is 1.96 bits per heavy atom. The molecular weight excluding hydrogens is 357 g/mol. The zero-order valence-corrected chi connectivity index (χ0v) is 13.3. The van der Waals surface area contributed by atoms with Gasteiger partial charge in [-0.25, -0.2) is 9.78 Å². The van der Waals surface area contributed by atoms with Crippen molar-refractivity contribution in [2.24, 2.45) is 5.73 Å². The summed E-state index contributed by atoms with van der Waals surface area (Å²) in [6.45, 7) is 0. The minimum absolute atomic E-state index is 0.0126. The summed E-state index contributed by atoms with van der Waals surface area (Å²) in [6.07, 6.45) is 1.12. The van der Waals surface area contributed by atoms with Crippen LogP contribution in [0, 0.1) is 0 Å². The Balaban J connectivity index is 2.28. The lowest BCUT2D eigenvalue weighted by Gasteiger charge is -2.12. The molecule has 8 nitrogen and oxygen atoms in total. The summed E-state index contributed by atoms with van der Waals surface area (Å²) in [6, 6.07) is 4.37. The van der Waals surface area contributed by atoms with Gasteiger partial charge in [0.2, 0.25) is 5.91 Å². The minimum Gasteiger partial charge on any atom is -0.477 e. The molecule has 2 aromatic heterocycles. The highest BCUT2D eigenvalue weighted by Gasteiger charge is 2.21. The van der Waals surface area contributed by atoms with Crippen LogP contribution in [0.1, 0.15) is 20.7 Å². The van der Waals surface area contributed by atoms with Crippen LogP contribution in [0.4, 0.5) is 5.82 Å². The number of carboxylic acids is 1. The second-order valence-corrected chi connectivity index (χ2v) is 5.59. The summed E-state index contributed by atoms with van der Waals surface area (Å²) in [5.41, 5.74) is 12.0. The van der Waals surface area contributed by atoms with Crippen molar-refractivity contribution in [1.29, 1.82) is 0 Å². The average molecular weight is 366 g/mol. The fourth-order valence-electron chi connectivity index (χ4n) is 2.26. The Kier molecular flexibility index (Phi) is 3.78. The third-order valence-electron chi connectivity index (χ3n) is 3.39. The maximum Gasteiger partial charge on any atom is 0.341 e. The van der Waals surface area contributed by atoms with Gasteiger partial charge in [-0.05, 0) is 12.1 Å². The number of anilines is 1. The molecule has 10 heteroatoms. The zero-order chi connectivity index (χ0) is 17.6. The van der Waals surface area contributed by atoms with Crippen LogP contribution in [-0.2, 0) is 0 Å². The first-order valence-electron chi connectivity index (χ1n) is 6.47.